The highest BCUT2D eigenvalue weighted by molar-refractivity contribution is 5.94. The average Bonchev–Trinajstić information content (AvgIpc) is 2.85. The van der Waals surface area contributed by atoms with Crippen LogP contribution < -0.4 is 5.32 Å². The first kappa shape index (κ1) is 22.7. The molecule has 33 heavy (non-hydrogen) atoms. The number of likely N-dealkylation sites (tertiary alicyclic amines) is 1. The van der Waals surface area contributed by atoms with Gasteiger partial charge >= 0.3 is 5.97 Å². The first-order chi connectivity index (χ1) is 16.0. The Labute approximate surface area is 194 Å². The number of aliphatic carboxylic acids is 1. The van der Waals surface area contributed by atoms with E-state index in [2.05, 4.69) is 79.0 Å². The number of carboxylic acids is 1. The molecule has 4 rings (SSSR count). The number of amides is 1. The summed E-state index contributed by atoms with van der Waals surface area (Å²) >= 11 is 0. The zero-order chi connectivity index (χ0) is 23.2. The van der Waals surface area contributed by atoms with Crippen molar-refractivity contribution in [3.8, 4) is 0 Å². The molecule has 0 saturated carbocycles. The first-order valence-electron chi connectivity index (χ1n) is 11.5. The van der Waals surface area contributed by atoms with Crippen molar-refractivity contribution in [3.63, 3.8) is 0 Å². The quantitative estimate of drug-likeness (QED) is 0.518. The SMILES string of the molecule is C[C@@H](NCC1CN(C(=O)C=CC(=O)O)CCC1c1ccccc1)c1cccc2ccccc12. The van der Waals surface area contributed by atoms with Crippen molar-refractivity contribution in [1.29, 1.82) is 0 Å². The molecule has 3 atom stereocenters. The van der Waals surface area contributed by atoms with Crippen molar-refractivity contribution in [2.45, 2.75) is 25.3 Å². The second kappa shape index (κ2) is 10.5. The third kappa shape index (κ3) is 5.49. The predicted octanol–water partition coefficient (Wildman–Crippen LogP) is 4.76. The van der Waals surface area contributed by atoms with E-state index in [-0.39, 0.29) is 17.9 Å². The van der Waals surface area contributed by atoms with E-state index in [1.807, 2.05) is 6.07 Å². The summed E-state index contributed by atoms with van der Waals surface area (Å²) in [5.41, 5.74) is 2.55. The molecule has 1 heterocycles. The summed E-state index contributed by atoms with van der Waals surface area (Å²) < 4.78 is 0. The minimum Gasteiger partial charge on any atom is -0.478 e. The van der Waals surface area contributed by atoms with Crippen molar-refractivity contribution < 1.29 is 14.7 Å². The van der Waals surface area contributed by atoms with Crippen molar-refractivity contribution in [1.82, 2.24) is 10.2 Å². The molecule has 1 saturated heterocycles. The van der Waals surface area contributed by atoms with Crippen LogP contribution in [0.1, 0.15) is 36.4 Å². The van der Waals surface area contributed by atoms with Gasteiger partial charge in [0.15, 0.2) is 0 Å². The molecule has 5 heteroatoms. The Hall–Kier alpha value is -3.44. The van der Waals surface area contributed by atoms with Gasteiger partial charge in [-0.2, -0.15) is 0 Å². The number of benzene rings is 3. The van der Waals surface area contributed by atoms with Crippen LogP contribution in [0.2, 0.25) is 0 Å². The van der Waals surface area contributed by atoms with Gasteiger partial charge in [0.05, 0.1) is 0 Å². The summed E-state index contributed by atoms with van der Waals surface area (Å²) in [6.07, 6.45) is 2.93. The third-order valence-corrected chi connectivity index (χ3v) is 6.62. The standard InChI is InChI=1S/C28H30N2O3/c1-20(24-13-7-11-22-10-5-6-12-26(22)24)29-18-23-19-30(27(31)14-15-28(32)33)17-16-25(23)21-8-3-2-4-9-21/h2-15,20,23,25,29H,16-19H2,1H3,(H,32,33)/t20-,23?,25?/m1/s1. The lowest BCUT2D eigenvalue weighted by molar-refractivity contribution is -0.132. The predicted molar refractivity (Wildman–Crippen MR) is 131 cm³/mol. The summed E-state index contributed by atoms with van der Waals surface area (Å²) in [5.74, 6) is -0.785. The van der Waals surface area contributed by atoms with E-state index < -0.39 is 5.97 Å². The van der Waals surface area contributed by atoms with Crippen LogP contribution in [-0.4, -0.2) is 41.5 Å². The Bertz CT molecular complexity index is 1140. The maximum atomic E-state index is 12.6. The molecule has 1 aliphatic heterocycles. The van der Waals surface area contributed by atoms with Crippen molar-refractivity contribution in [2.75, 3.05) is 19.6 Å². The Kier molecular flexibility index (Phi) is 7.20. The van der Waals surface area contributed by atoms with Crippen LogP contribution >= 0.6 is 0 Å². The molecule has 0 radical (unpaired) electrons. The second-order valence-corrected chi connectivity index (χ2v) is 8.72. The number of carbonyl (C=O) groups excluding carboxylic acids is 1. The summed E-state index contributed by atoms with van der Waals surface area (Å²) in [6.45, 7) is 4.16. The molecule has 0 aliphatic carbocycles. The van der Waals surface area contributed by atoms with E-state index in [1.165, 1.54) is 21.9 Å². The fourth-order valence-corrected chi connectivity index (χ4v) is 4.89. The maximum Gasteiger partial charge on any atom is 0.328 e. The van der Waals surface area contributed by atoms with Gasteiger partial charge in [0, 0.05) is 37.8 Å². The molecule has 5 nitrogen and oxygen atoms in total. The molecule has 3 aromatic rings. The topological polar surface area (TPSA) is 69.6 Å². The highest BCUT2D eigenvalue weighted by atomic mass is 16.4. The monoisotopic (exact) mass is 442 g/mol. The van der Waals surface area contributed by atoms with Gasteiger partial charge in [-0.3, -0.25) is 4.79 Å². The van der Waals surface area contributed by atoms with Crippen molar-refractivity contribution in [3.05, 3.63) is 96.1 Å². The molecular weight excluding hydrogens is 412 g/mol. The molecule has 0 aromatic heterocycles. The summed E-state index contributed by atoms with van der Waals surface area (Å²) in [6, 6.07) is 25.4. The molecule has 0 bridgehead atoms. The van der Waals surface area contributed by atoms with Crippen LogP contribution in [-0.2, 0) is 9.59 Å². The fraction of sp³-hybridized carbons (Fsp3) is 0.286. The Morgan fingerprint density at radius 1 is 1.03 bits per heavy atom. The van der Waals surface area contributed by atoms with Crippen molar-refractivity contribution >= 4 is 22.6 Å². The average molecular weight is 443 g/mol. The van der Waals surface area contributed by atoms with Crippen LogP contribution in [0.5, 0.6) is 0 Å². The third-order valence-electron chi connectivity index (χ3n) is 6.62. The number of fused-ring (bicyclic) bond motifs is 1. The molecule has 170 valence electrons. The van der Waals surface area contributed by atoms with E-state index in [4.69, 9.17) is 5.11 Å². The summed E-state index contributed by atoms with van der Waals surface area (Å²) in [4.78, 5) is 25.2. The molecule has 1 fully saturated rings. The summed E-state index contributed by atoms with van der Waals surface area (Å²) in [7, 11) is 0. The highest BCUT2D eigenvalue weighted by Gasteiger charge is 2.32. The largest absolute Gasteiger partial charge is 0.478 e. The lowest BCUT2D eigenvalue weighted by atomic mass is 9.80. The van der Waals surface area contributed by atoms with Crippen LogP contribution in [0.25, 0.3) is 10.8 Å². The smallest absolute Gasteiger partial charge is 0.328 e. The second-order valence-electron chi connectivity index (χ2n) is 8.72. The van der Waals surface area contributed by atoms with Crippen molar-refractivity contribution in [2.24, 2.45) is 5.92 Å². The molecular formula is C28H30N2O3. The number of nitrogens with one attached hydrogen (secondary N) is 1. The van der Waals surface area contributed by atoms with E-state index in [1.54, 1.807) is 4.90 Å². The van der Waals surface area contributed by atoms with E-state index in [0.29, 0.717) is 19.0 Å². The normalized spacial score (nSPS) is 19.6. The van der Waals surface area contributed by atoms with Gasteiger partial charge in [0.25, 0.3) is 0 Å². The molecule has 1 aliphatic rings. The number of piperidine rings is 1. The van der Waals surface area contributed by atoms with Gasteiger partial charge in [-0.05, 0) is 47.1 Å². The number of hydrogen-bond donors (Lipinski definition) is 2. The number of carbonyl (C=O) groups is 2. The lowest BCUT2D eigenvalue weighted by Crippen LogP contribution is -2.46. The van der Waals surface area contributed by atoms with Crippen LogP contribution in [0.15, 0.2) is 84.9 Å². The van der Waals surface area contributed by atoms with Gasteiger partial charge in [-0.1, -0.05) is 72.8 Å². The zero-order valence-corrected chi connectivity index (χ0v) is 18.9. The van der Waals surface area contributed by atoms with Gasteiger partial charge in [-0.15, -0.1) is 0 Å². The molecule has 0 spiro atoms. The van der Waals surface area contributed by atoms with E-state index in [9.17, 15) is 9.59 Å². The minimum absolute atomic E-state index is 0.158. The van der Waals surface area contributed by atoms with Crippen LogP contribution in [0, 0.1) is 5.92 Å². The first-order valence-corrected chi connectivity index (χ1v) is 11.5. The highest BCUT2D eigenvalue weighted by Crippen LogP contribution is 2.33. The van der Waals surface area contributed by atoms with Gasteiger partial charge in [0.2, 0.25) is 5.91 Å². The molecule has 3 aromatic carbocycles. The summed E-state index contributed by atoms with van der Waals surface area (Å²) in [5, 5.41) is 15.1. The van der Waals surface area contributed by atoms with E-state index in [0.717, 1.165) is 25.1 Å². The van der Waals surface area contributed by atoms with E-state index >= 15 is 0 Å². The number of hydrogen-bond acceptors (Lipinski definition) is 3. The zero-order valence-electron chi connectivity index (χ0n) is 18.9. The Morgan fingerprint density at radius 2 is 1.76 bits per heavy atom. The molecule has 1 amide bonds. The minimum atomic E-state index is -1.11. The fourth-order valence-electron chi connectivity index (χ4n) is 4.89. The lowest BCUT2D eigenvalue weighted by Gasteiger charge is -2.39. The number of carboxylic acid groups (broad SMARTS) is 1. The maximum absolute atomic E-state index is 12.6. The Balaban J connectivity index is 1.51. The molecule has 2 unspecified atom stereocenters. The Morgan fingerprint density at radius 3 is 2.55 bits per heavy atom. The number of rotatable bonds is 7. The van der Waals surface area contributed by atoms with Gasteiger partial charge in [0.1, 0.15) is 0 Å². The van der Waals surface area contributed by atoms with Crippen LogP contribution in [0.3, 0.4) is 0 Å². The van der Waals surface area contributed by atoms with Crippen LogP contribution in [0.4, 0.5) is 0 Å². The van der Waals surface area contributed by atoms with Gasteiger partial charge < -0.3 is 15.3 Å². The number of nitrogens with zero attached hydrogens (tertiary/aromatic N) is 1. The van der Waals surface area contributed by atoms with Gasteiger partial charge in [-0.25, -0.2) is 4.79 Å². The molecule has 2 N–H and O–H groups in total.